The number of nitrogens with zero attached hydrogens (tertiary/aromatic N) is 2. The molecule has 32 heavy (non-hydrogen) atoms. The fourth-order valence-corrected chi connectivity index (χ4v) is 3.95. The lowest BCUT2D eigenvalue weighted by Gasteiger charge is -2.30. The summed E-state index contributed by atoms with van der Waals surface area (Å²) in [6.45, 7) is 4.17. The largest absolute Gasteiger partial charge is 0.493 e. The minimum Gasteiger partial charge on any atom is -0.493 e. The fourth-order valence-electron chi connectivity index (χ4n) is 3.95. The van der Waals surface area contributed by atoms with Crippen molar-refractivity contribution < 1.29 is 18.3 Å². The molecule has 168 valence electrons. The predicted molar refractivity (Wildman–Crippen MR) is 119 cm³/mol. The molecular weight excluding hydrogens is 414 g/mol. The van der Waals surface area contributed by atoms with Gasteiger partial charge in [-0.25, -0.2) is 8.78 Å². The van der Waals surface area contributed by atoms with E-state index in [-0.39, 0.29) is 12.5 Å². The molecule has 2 aromatic carbocycles. The van der Waals surface area contributed by atoms with Crippen LogP contribution in [0.4, 0.5) is 14.5 Å². The smallest absolute Gasteiger partial charge is 0.253 e. The van der Waals surface area contributed by atoms with Crippen molar-refractivity contribution in [1.82, 2.24) is 15.5 Å². The highest BCUT2D eigenvalue weighted by atomic mass is 19.1. The highest BCUT2D eigenvalue weighted by Crippen LogP contribution is 2.30. The number of carbonyl (C=O) groups excluding carboxylic acids is 1. The van der Waals surface area contributed by atoms with Crippen molar-refractivity contribution in [2.24, 2.45) is 0 Å². The molecule has 3 aromatic rings. The molecule has 1 aromatic heterocycles. The highest BCUT2D eigenvalue weighted by molar-refractivity contribution is 5.99. The zero-order valence-electron chi connectivity index (χ0n) is 18.0. The monoisotopic (exact) mass is 440 g/mol. The number of benzene rings is 2. The average Bonchev–Trinajstić information content (AvgIpc) is 3.28. The van der Waals surface area contributed by atoms with Gasteiger partial charge in [0.1, 0.15) is 17.4 Å². The standard InChI is InChI=1S/C24H26F2N4O2/c1-2-32-23-9-7-17(26)12-19(23)21-14-18(28-29-21)15-27-24(31)20-13-16(25)6-8-22(20)30-10-4-3-5-11-30/h6-9,12-14H,2-5,10-11,15H2,1H3,(H,27,31)(H,28,29). The molecule has 0 unspecified atom stereocenters. The number of H-pyrrole nitrogens is 1. The number of halogens is 2. The normalized spacial score (nSPS) is 13.8. The van der Waals surface area contributed by atoms with Gasteiger partial charge in [0, 0.05) is 24.3 Å². The van der Waals surface area contributed by atoms with Crippen LogP contribution in [0.1, 0.15) is 42.2 Å². The van der Waals surface area contributed by atoms with Crippen LogP contribution in [0.5, 0.6) is 5.75 Å². The fraction of sp³-hybridized carbons (Fsp3) is 0.333. The van der Waals surface area contributed by atoms with Crippen LogP contribution in [0.25, 0.3) is 11.3 Å². The number of rotatable bonds is 7. The van der Waals surface area contributed by atoms with Crippen molar-refractivity contribution in [3.05, 3.63) is 65.4 Å². The van der Waals surface area contributed by atoms with Crippen LogP contribution in [0.3, 0.4) is 0 Å². The van der Waals surface area contributed by atoms with Crippen molar-refractivity contribution >= 4 is 11.6 Å². The maximum atomic E-state index is 13.9. The second kappa shape index (κ2) is 9.80. The molecule has 0 spiro atoms. The van der Waals surface area contributed by atoms with Gasteiger partial charge in [-0.15, -0.1) is 0 Å². The first-order chi connectivity index (χ1) is 15.5. The summed E-state index contributed by atoms with van der Waals surface area (Å²) < 4.78 is 33.2. The first kappa shape index (κ1) is 21.8. The second-order valence-electron chi connectivity index (χ2n) is 7.74. The van der Waals surface area contributed by atoms with E-state index in [4.69, 9.17) is 4.74 Å². The van der Waals surface area contributed by atoms with Crippen LogP contribution >= 0.6 is 0 Å². The van der Waals surface area contributed by atoms with Crippen LogP contribution in [0.15, 0.2) is 42.5 Å². The molecule has 8 heteroatoms. The molecule has 1 aliphatic rings. The van der Waals surface area contributed by atoms with Crippen molar-refractivity contribution in [1.29, 1.82) is 0 Å². The minimum atomic E-state index is -0.450. The minimum absolute atomic E-state index is 0.168. The van der Waals surface area contributed by atoms with Gasteiger partial charge in [-0.2, -0.15) is 5.10 Å². The number of ether oxygens (including phenoxy) is 1. The summed E-state index contributed by atoms with van der Waals surface area (Å²) in [5.74, 6) is -0.671. The summed E-state index contributed by atoms with van der Waals surface area (Å²) in [6.07, 6.45) is 3.27. The van der Waals surface area contributed by atoms with E-state index >= 15 is 0 Å². The maximum Gasteiger partial charge on any atom is 0.253 e. The third kappa shape index (κ3) is 4.90. The molecule has 1 saturated heterocycles. The van der Waals surface area contributed by atoms with E-state index in [1.165, 1.54) is 24.3 Å². The van der Waals surface area contributed by atoms with Crippen LogP contribution < -0.4 is 15.0 Å². The molecule has 4 rings (SSSR count). The molecule has 0 aliphatic carbocycles. The number of anilines is 1. The number of carbonyl (C=O) groups is 1. The third-order valence-corrected chi connectivity index (χ3v) is 5.49. The maximum absolute atomic E-state index is 13.9. The SMILES string of the molecule is CCOc1ccc(F)cc1-c1cc(CNC(=O)c2cc(F)ccc2N2CCCCC2)[nH]n1. The van der Waals surface area contributed by atoms with Gasteiger partial charge in [-0.05, 0) is 68.7 Å². The van der Waals surface area contributed by atoms with Crippen molar-refractivity contribution in [3.8, 4) is 17.0 Å². The summed E-state index contributed by atoms with van der Waals surface area (Å²) in [5, 5.41) is 9.93. The molecule has 1 aliphatic heterocycles. The topological polar surface area (TPSA) is 70.2 Å². The van der Waals surface area contributed by atoms with Gasteiger partial charge in [0.15, 0.2) is 0 Å². The number of piperidine rings is 1. The van der Waals surface area contributed by atoms with E-state index in [1.807, 2.05) is 6.92 Å². The van der Waals surface area contributed by atoms with Crippen molar-refractivity contribution in [3.63, 3.8) is 0 Å². The van der Waals surface area contributed by atoms with E-state index in [9.17, 15) is 13.6 Å². The lowest BCUT2D eigenvalue weighted by atomic mass is 10.1. The van der Waals surface area contributed by atoms with Crippen LogP contribution in [-0.2, 0) is 6.54 Å². The number of hydrogen-bond donors (Lipinski definition) is 2. The molecule has 1 amide bonds. The van der Waals surface area contributed by atoms with Crippen LogP contribution in [-0.4, -0.2) is 35.8 Å². The van der Waals surface area contributed by atoms with Crippen LogP contribution in [0, 0.1) is 11.6 Å². The summed E-state index contributed by atoms with van der Waals surface area (Å²) in [5.41, 5.74) is 2.73. The van der Waals surface area contributed by atoms with Crippen molar-refractivity contribution in [2.75, 3.05) is 24.6 Å². The molecule has 6 nitrogen and oxygen atoms in total. The zero-order valence-corrected chi connectivity index (χ0v) is 18.0. The van der Waals surface area contributed by atoms with Crippen molar-refractivity contribution in [2.45, 2.75) is 32.7 Å². The van der Waals surface area contributed by atoms with Gasteiger partial charge in [0.05, 0.1) is 30.1 Å². The van der Waals surface area contributed by atoms with E-state index in [0.29, 0.717) is 34.9 Å². The second-order valence-corrected chi connectivity index (χ2v) is 7.74. The van der Waals surface area contributed by atoms with Gasteiger partial charge in [0.25, 0.3) is 5.91 Å². The summed E-state index contributed by atoms with van der Waals surface area (Å²) in [7, 11) is 0. The Morgan fingerprint density at radius 2 is 1.84 bits per heavy atom. The highest BCUT2D eigenvalue weighted by Gasteiger charge is 2.20. The quantitative estimate of drug-likeness (QED) is 0.560. The van der Waals surface area contributed by atoms with Gasteiger partial charge in [-0.1, -0.05) is 0 Å². The van der Waals surface area contributed by atoms with E-state index < -0.39 is 11.6 Å². The summed E-state index contributed by atoms with van der Waals surface area (Å²) >= 11 is 0. The Labute approximate surface area is 185 Å². The molecule has 0 saturated carbocycles. The third-order valence-electron chi connectivity index (χ3n) is 5.49. The molecule has 1 fully saturated rings. The van der Waals surface area contributed by atoms with Crippen LogP contribution in [0.2, 0.25) is 0 Å². The molecule has 2 N–H and O–H groups in total. The van der Waals surface area contributed by atoms with Gasteiger partial charge in [-0.3, -0.25) is 9.89 Å². The Morgan fingerprint density at radius 1 is 1.09 bits per heavy atom. The Hall–Kier alpha value is -3.42. The number of hydrogen-bond acceptors (Lipinski definition) is 4. The molecule has 0 radical (unpaired) electrons. The molecule has 0 bridgehead atoms. The first-order valence-electron chi connectivity index (χ1n) is 10.8. The average molecular weight is 440 g/mol. The Morgan fingerprint density at radius 3 is 2.62 bits per heavy atom. The summed E-state index contributed by atoms with van der Waals surface area (Å²) in [6, 6.07) is 10.3. The lowest BCUT2D eigenvalue weighted by Crippen LogP contribution is -2.32. The number of amides is 1. The van der Waals surface area contributed by atoms with E-state index in [0.717, 1.165) is 38.0 Å². The van der Waals surface area contributed by atoms with E-state index in [2.05, 4.69) is 20.4 Å². The number of aromatic amines is 1. The first-order valence-corrected chi connectivity index (χ1v) is 10.8. The zero-order chi connectivity index (χ0) is 22.5. The predicted octanol–water partition coefficient (Wildman–Crippen LogP) is 4.67. The summed E-state index contributed by atoms with van der Waals surface area (Å²) in [4.78, 5) is 15.0. The van der Waals surface area contributed by atoms with Gasteiger partial charge in [0.2, 0.25) is 0 Å². The molecule has 0 atom stereocenters. The number of nitrogens with one attached hydrogen (secondary N) is 2. The van der Waals surface area contributed by atoms with Gasteiger partial charge >= 0.3 is 0 Å². The Bertz CT molecular complexity index is 1090. The number of aromatic nitrogens is 2. The molecular formula is C24H26F2N4O2. The Kier molecular flexibility index (Phi) is 6.68. The lowest BCUT2D eigenvalue weighted by molar-refractivity contribution is 0.0950. The molecule has 2 heterocycles. The Balaban J connectivity index is 1.49. The van der Waals surface area contributed by atoms with Gasteiger partial charge < -0.3 is 15.0 Å². The van der Waals surface area contributed by atoms with E-state index in [1.54, 1.807) is 18.2 Å².